The van der Waals surface area contributed by atoms with Crippen molar-refractivity contribution in [2.75, 3.05) is 74.1 Å². The van der Waals surface area contributed by atoms with Gasteiger partial charge < -0.3 is 33.9 Å². The van der Waals surface area contributed by atoms with E-state index in [0.29, 0.717) is 25.9 Å². The van der Waals surface area contributed by atoms with Gasteiger partial charge in [0.15, 0.2) is 12.1 Å². The summed E-state index contributed by atoms with van der Waals surface area (Å²) in [6, 6.07) is -0.255. The maximum Gasteiger partial charge on any atom is 0.319 e. The third-order valence-corrected chi connectivity index (χ3v) is 11.3. The number of methoxy groups -OCH3 is 1. The Bertz CT molecular complexity index is 1090. The summed E-state index contributed by atoms with van der Waals surface area (Å²) in [5.74, 6) is -1.14. The lowest BCUT2D eigenvalue weighted by Gasteiger charge is -2.47. The number of likely N-dealkylation sites (tertiary alicyclic amines) is 2. The predicted octanol–water partition coefficient (Wildman–Crippen LogP) is 1.87. The van der Waals surface area contributed by atoms with Gasteiger partial charge in [0.25, 0.3) is 0 Å². The summed E-state index contributed by atoms with van der Waals surface area (Å²) < 4.78 is 25.0. The van der Waals surface area contributed by atoms with Crippen LogP contribution in [0.2, 0.25) is 0 Å². The minimum absolute atomic E-state index is 0.0697. The number of carbonyl (C=O) groups is 3. The van der Waals surface area contributed by atoms with E-state index < -0.39 is 41.4 Å². The Morgan fingerprint density at radius 1 is 1.06 bits per heavy atom. The quantitative estimate of drug-likeness (QED) is 0.317. The van der Waals surface area contributed by atoms with Gasteiger partial charge in [-0.3, -0.25) is 24.2 Å². The van der Waals surface area contributed by atoms with E-state index in [9.17, 15) is 19.5 Å². The largest absolute Gasteiger partial charge is 0.463 e. The summed E-state index contributed by atoms with van der Waals surface area (Å²) in [5.41, 5.74) is -2.39. The fourth-order valence-electron chi connectivity index (χ4n) is 8.30. The number of carbonyl (C=O) groups excluding carboxylic acids is 3. The van der Waals surface area contributed by atoms with Crippen molar-refractivity contribution >= 4 is 17.7 Å². The van der Waals surface area contributed by atoms with Gasteiger partial charge in [0.05, 0.1) is 24.4 Å². The van der Waals surface area contributed by atoms with Gasteiger partial charge in [-0.15, -0.1) is 0 Å². The summed E-state index contributed by atoms with van der Waals surface area (Å²) in [6.07, 6.45) is 0.449. The molecule has 1 amide bonds. The summed E-state index contributed by atoms with van der Waals surface area (Å²) >= 11 is 0. The molecule has 1 N–H and O–H groups in total. The molecular weight excluding hydrogens is 604 g/mol. The number of aliphatic hydroxyl groups is 1. The van der Waals surface area contributed by atoms with Gasteiger partial charge >= 0.3 is 5.97 Å². The van der Waals surface area contributed by atoms with Gasteiger partial charge in [0, 0.05) is 63.8 Å². The molecule has 1 unspecified atom stereocenters. The van der Waals surface area contributed by atoms with E-state index in [4.69, 9.17) is 18.9 Å². The zero-order valence-electron chi connectivity index (χ0n) is 30.6. The van der Waals surface area contributed by atoms with Crippen LogP contribution in [0.3, 0.4) is 0 Å². The first-order chi connectivity index (χ1) is 22.0. The number of hydrogen-bond donors (Lipinski definition) is 1. The van der Waals surface area contributed by atoms with Crippen LogP contribution < -0.4 is 0 Å². The van der Waals surface area contributed by atoms with Crippen molar-refractivity contribution in [1.29, 1.82) is 0 Å². The second-order valence-electron chi connectivity index (χ2n) is 15.9. The molecular formula is C35H62N4O8. The van der Waals surface area contributed by atoms with Crippen molar-refractivity contribution in [2.24, 2.45) is 23.2 Å². The Morgan fingerprint density at radius 2 is 1.70 bits per heavy atom. The van der Waals surface area contributed by atoms with E-state index in [1.54, 1.807) is 27.9 Å². The minimum Gasteiger partial charge on any atom is -0.463 e. The third kappa shape index (κ3) is 8.56. The monoisotopic (exact) mass is 666 g/mol. The van der Waals surface area contributed by atoms with Gasteiger partial charge in [0.2, 0.25) is 5.91 Å². The first-order valence-electron chi connectivity index (χ1n) is 17.6. The van der Waals surface area contributed by atoms with Crippen LogP contribution in [0.1, 0.15) is 67.2 Å². The van der Waals surface area contributed by atoms with Crippen LogP contribution >= 0.6 is 0 Å². The highest BCUT2D eigenvalue weighted by Crippen LogP contribution is 2.38. The molecule has 47 heavy (non-hydrogen) atoms. The average molecular weight is 667 g/mol. The molecule has 270 valence electrons. The number of hydrogen-bond acceptors (Lipinski definition) is 11. The summed E-state index contributed by atoms with van der Waals surface area (Å²) in [5, 5.41) is 11.3. The van der Waals surface area contributed by atoms with E-state index in [2.05, 4.69) is 23.8 Å². The van der Waals surface area contributed by atoms with E-state index in [1.165, 1.54) is 0 Å². The Hall–Kier alpha value is -1.67. The van der Waals surface area contributed by atoms with E-state index in [1.807, 2.05) is 37.7 Å². The van der Waals surface area contributed by atoms with E-state index >= 15 is 0 Å². The van der Waals surface area contributed by atoms with Crippen LogP contribution in [0.15, 0.2) is 0 Å². The number of nitrogens with zero attached hydrogens (tertiary/aromatic N) is 4. The molecule has 9 atom stereocenters. The van der Waals surface area contributed by atoms with Crippen molar-refractivity contribution in [3.05, 3.63) is 0 Å². The van der Waals surface area contributed by atoms with Crippen LogP contribution in [0.25, 0.3) is 0 Å². The van der Waals surface area contributed by atoms with Crippen molar-refractivity contribution in [2.45, 2.75) is 110 Å². The van der Waals surface area contributed by atoms with Gasteiger partial charge in [-0.25, -0.2) is 0 Å². The molecule has 0 saturated carbocycles. The Balaban J connectivity index is 1.56. The van der Waals surface area contributed by atoms with Gasteiger partial charge in [0.1, 0.15) is 18.1 Å². The van der Waals surface area contributed by atoms with Crippen molar-refractivity contribution in [1.82, 2.24) is 19.6 Å². The lowest BCUT2D eigenvalue weighted by Crippen LogP contribution is -2.60. The minimum atomic E-state index is -1.45. The zero-order valence-corrected chi connectivity index (χ0v) is 30.6. The Kier molecular flexibility index (Phi) is 12.6. The molecule has 0 aromatic carbocycles. The first-order valence-corrected chi connectivity index (χ1v) is 17.6. The molecule has 4 heterocycles. The number of Topliss-reactive ketones (excluding diaryl/α,β-unsaturated/α-hetero) is 1. The average Bonchev–Trinajstić information content (AvgIpc) is 3.53. The fraction of sp³-hybridized carbons (Fsp3) is 0.914. The topological polar surface area (TPSA) is 121 Å². The van der Waals surface area contributed by atoms with Crippen LogP contribution in [0.4, 0.5) is 0 Å². The molecule has 0 aromatic heterocycles. The summed E-state index contributed by atoms with van der Waals surface area (Å²) in [4.78, 5) is 49.0. The molecule has 4 saturated heterocycles. The molecule has 0 spiro atoms. The molecule has 12 nitrogen and oxygen atoms in total. The number of esters is 1. The van der Waals surface area contributed by atoms with Crippen molar-refractivity contribution < 1.29 is 38.4 Å². The number of ether oxygens (including phenoxy) is 4. The summed E-state index contributed by atoms with van der Waals surface area (Å²) in [7, 11) is 7.52. The van der Waals surface area contributed by atoms with Gasteiger partial charge in [-0.1, -0.05) is 13.8 Å². The lowest BCUT2D eigenvalue weighted by molar-refractivity contribution is -0.295. The number of aliphatic hydroxyl groups excluding tert-OH is 1. The molecule has 0 aromatic rings. The lowest BCUT2D eigenvalue weighted by atomic mass is 9.74. The van der Waals surface area contributed by atoms with Gasteiger partial charge in [-0.05, 0) is 80.4 Å². The highest BCUT2D eigenvalue weighted by molar-refractivity contribution is 6.04. The highest BCUT2D eigenvalue weighted by Gasteiger charge is 2.52. The van der Waals surface area contributed by atoms with Crippen LogP contribution in [-0.2, 0) is 33.3 Å². The summed E-state index contributed by atoms with van der Waals surface area (Å²) in [6.45, 7) is 15.5. The zero-order chi connectivity index (χ0) is 34.8. The van der Waals surface area contributed by atoms with Crippen LogP contribution in [0, 0.1) is 23.2 Å². The maximum absolute atomic E-state index is 14.2. The van der Waals surface area contributed by atoms with Crippen LogP contribution in [0.5, 0.6) is 0 Å². The maximum atomic E-state index is 14.2. The number of cyclic esters (lactones) is 1. The molecule has 4 fully saturated rings. The number of amides is 1. The number of ketones is 1. The second-order valence-corrected chi connectivity index (χ2v) is 15.9. The normalized spacial score (nSPS) is 38.8. The second kappa shape index (κ2) is 15.5. The van der Waals surface area contributed by atoms with E-state index in [-0.39, 0.29) is 48.3 Å². The fourth-order valence-corrected chi connectivity index (χ4v) is 8.30. The molecule has 0 radical (unpaired) electrons. The van der Waals surface area contributed by atoms with E-state index in [0.717, 1.165) is 39.0 Å². The molecule has 12 heteroatoms. The predicted molar refractivity (Wildman–Crippen MR) is 178 cm³/mol. The van der Waals surface area contributed by atoms with Crippen LogP contribution in [-0.4, -0.2) is 159 Å². The van der Waals surface area contributed by atoms with Crippen molar-refractivity contribution in [3.63, 3.8) is 0 Å². The van der Waals surface area contributed by atoms with Gasteiger partial charge in [-0.2, -0.15) is 0 Å². The molecule has 4 aliphatic heterocycles. The SMILES string of the molecule is CO[C@]1(C)C[C@@H](C)CN(C)C(C2CN(CC(=O)N3CCCC3)C2)COC(=O)C(C)(C)C(=O)[C@H](C)[C@H]1O[C@@H]1O[C@H](C)C[C@H](N(C)C)[C@H]1O. The molecule has 4 aliphatic rings. The first kappa shape index (κ1) is 38.1. The Labute approximate surface area is 282 Å². The molecule has 4 rings (SSSR count). The molecule has 0 aliphatic carbocycles. The number of rotatable bonds is 7. The third-order valence-electron chi connectivity index (χ3n) is 11.3. The number of likely N-dealkylation sites (N-methyl/N-ethyl adjacent to an activating group) is 2. The molecule has 0 bridgehead atoms. The highest BCUT2D eigenvalue weighted by atomic mass is 16.7. The van der Waals surface area contributed by atoms with Crippen molar-refractivity contribution in [3.8, 4) is 0 Å². The standard InChI is InChI=1S/C35H62N4O8/c1-22-16-35(6,44-10)31(47-32-29(41)26(36(7)8)15-23(2)46-32)24(3)30(42)34(4,5)33(43)45-21-27(37(9)17-22)25-18-38(19-25)20-28(40)39-13-11-12-14-39/h22-27,29,31-32,41H,11-21H2,1-10H3/t22-,23-,24+,26+,27?,29-,31-,32+,35-/m1/s1. The Morgan fingerprint density at radius 3 is 2.30 bits per heavy atom. The smallest absolute Gasteiger partial charge is 0.319 e.